The summed E-state index contributed by atoms with van der Waals surface area (Å²) >= 11 is 0. The van der Waals surface area contributed by atoms with Crippen LogP contribution >= 0.6 is 0 Å². The Hall–Kier alpha value is -3.40. The molecule has 35 heavy (non-hydrogen) atoms. The van der Waals surface area contributed by atoms with Crippen LogP contribution in [-0.2, 0) is 12.8 Å². The van der Waals surface area contributed by atoms with Crippen LogP contribution in [0.2, 0.25) is 0 Å². The first kappa shape index (κ1) is 24.7. The van der Waals surface area contributed by atoms with Crippen LogP contribution < -0.4 is 9.64 Å². The maximum absolute atomic E-state index is 9.57. The molecule has 1 unspecified atom stereocenters. The minimum absolute atomic E-state index is 0.485. The summed E-state index contributed by atoms with van der Waals surface area (Å²) in [6.07, 6.45) is 9.68. The van der Waals surface area contributed by atoms with Gasteiger partial charge in [0.1, 0.15) is 17.3 Å². The van der Waals surface area contributed by atoms with E-state index in [1.54, 1.807) is 6.07 Å². The smallest absolute Gasteiger partial charge is 0.224 e. The molecule has 3 heterocycles. The Morgan fingerprint density at radius 1 is 1.11 bits per heavy atom. The lowest BCUT2D eigenvalue weighted by atomic mass is 9.99. The molecule has 4 rings (SSSR count). The summed E-state index contributed by atoms with van der Waals surface area (Å²) in [5.41, 5.74) is 3.84. The van der Waals surface area contributed by atoms with E-state index < -0.39 is 0 Å². The topological polar surface area (TPSA) is 79.9 Å². The van der Waals surface area contributed by atoms with Gasteiger partial charge in [0.05, 0.1) is 17.8 Å². The van der Waals surface area contributed by atoms with E-state index in [2.05, 4.69) is 41.7 Å². The Morgan fingerprint density at radius 3 is 2.63 bits per heavy atom. The number of aromatic nitrogens is 4. The summed E-state index contributed by atoms with van der Waals surface area (Å²) in [5.74, 6) is 3.16. The first-order valence-electron chi connectivity index (χ1n) is 12.9. The molecule has 0 spiro atoms. The van der Waals surface area contributed by atoms with E-state index in [1.165, 1.54) is 30.5 Å². The molecular formula is C28H36N6O. The largest absolute Gasteiger partial charge is 0.437 e. The summed E-state index contributed by atoms with van der Waals surface area (Å²) in [7, 11) is 0. The summed E-state index contributed by atoms with van der Waals surface area (Å²) in [5, 5.41) is 14.3. The molecule has 2 aromatic heterocycles. The molecule has 0 saturated carbocycles. The van der Waals surface area contributed by atoms with Crippen molar-refractivity contribution in [2.75, 3.05) is 18.0 Å². The Kier molecular flexibility index (Phi) is 8.02. The van der Waals surface area contributed by atoms with Gasteiger partial charge in [-0.3, -0.25) is 0 Å². The third kappa shape index (κ3) is 5.82. The van der Waals surface area contributed by atoms with Crippen LogP contribution in [0.5, 0.6) is 11.6 Å². The number of benzene rings is 1. The molecule has 1 fully saturated rings. The lowest BCUT2D eigenvalue weighted by molar-refractivity contribution is 0.453. The van der Waals surface area contributed by atoms with Crippen molar-refractivity contribution >= 4 is 5.82 Å². The highest BCUT2D eigenvalue weighted by Gasteiger charge is 2.20. The fraction of sp³-hybridized carbons (Fsp3) is 0.500. The Morgan fingerprint density at radius 2 is 1.91 bits per heavy atom. The van der Waals surface area contributed by atoms with E-state index in [4.69, 9.17) is 9.84 Å². The van der Waals surface area contributed by atoms with Crippen molar-refractivity contribution in [1.29, 1.82) is 5.26 Å². The van der Waals surface area contributed by atoms with Crippen molar-refractivity contribution in [3.8, 4) is 23.4 Å². The lowest BCUT2D eigenvalue weighted by Crippen LogP contribution is -2.30. The number of piperidine rings is 1. The molecule has 0 amide bonds. The molecule has 1 aromatic carbocycles. The number of ether oxygens (including phenoxy) is 1. The average Bonchev–Trinajstić information content (AvgIpc) is 3.26. The molecule has 0 N–H and O–H groups in total. The highest BCUT2D eigenvalue weighted by molar-refractivity contribution is 5.54. The number of nitriles is 1. The second-order valence-electron chi connectivity index (χ2n) is 9.55. The summed E-state index contributed by atoms with van der Waals surface area (Å²) in [6.45, 7) is 10.6. The van der Waals surface area contributed by atoms with Crippen LogP contribution in [0.15, 0.2) is 30.5 Å². The van der Waals surface area contributed by atoms with Gasteiger partial charge in [-0.1, -0.05) is 33.6 Å². The number of anilines is 1. The van der Waals surface area contributed by atoms with Crippen LogP contribution in [0, 0.1) is 24.2 Å². The Bertz CT molecular complexity index is 1190. The molecule has 1 saturated heterocycles. The van der Waals surface area contributed by atoms with Gasteiger partial charge in [0.2, 0.25) is 5.88 Å². The molecule has 1 atom stereocenters. The third-order valence-electron chi connectivity index (χ3n) is 6.73. The van der Waals surface area contributed by atoms with Gasteiger partial charge < -0.3 is 9.64 Å². The third-order valence-corrected chi connectivity index (χ3v) is 6.73. The maximum atomic E-state index is 9.57. The number of hydrogen-bond acceptors (Lipinski definition) is 6. The van der Waals surface area contributed by atoms with Crippen LogP contribution in [0.1, 0.15) is 75.5 Å². The van der Waals surface area contributed by atoms with Crippen LogP contribution in [0.25, 0.3) is 5.69 Å². The first-order valence-corrected chi connectivity index (χ1v) is 12.9. The van der Waals surface area contributed by atoms with Gasteiger partial charge in [0.15, 0.2) is 5.75 Å². The fourth-order valence-electron chi connectivity index (χ4n) is 4.60. The molecule has 1 aliphatic rings. The zero-order valence-corrected chi connectivity index (χ0v) is 21.4. The van der Waals surface area contributed by atoms with Crippen molar-refractivity contribution in [2.45, 2.75) is 72.6 Å². The quantitative estimate of drug-likeness (QED) is 0.371. The van der Waals surface area contributed by atoms with Gasteiger partial charge in [0, 0.05) is 30.9 Å². The second kappa shape index (κ2) is 11.4. The van der Waals surface area contributed by atoms with E-state index >= 15 is 0 Å². The SMILES string of the molecule is CCCc1cnn(-c2ccc(C#N)cc2Oc2cc(N3CCCCC3)nc(C)n2)c1CC(C)CC. The van der Waals surface area contributed by atoms with Crippen molar-refractivity contribution in [2.24, 2.45) is 5.92 Å². The second-order valence-corrected chi connectivity index (χ2v) is 9.55. The van der Waals surface area contributed by atoms with Crippen molar-refractivity contribution in [3.63, 3.8) is 0 Å². The Balaban J connectivity index is 1.74. The minimum Gasteiger partial charge on any atom is -0.437 e. The maximum Gasteiger partial charge on any atom is 0.224 e. The predicted octanol–water partition coefficient (Wildman–Crippen LogP) is 6.17. The van der Waals surface area contributed by atoms with Gasteiger partial charge in [-0.05, 0) is 62.6 Å². The van der Waals surface area contributed by atoms with Crippen LogP contribution in [0.4, 0.5) is 5.82 Å². The van der Waals surface area contributed by atoms with Gasteiger partial charge in [-0.15, -0.1) is 0 Å². The lowest BCUT2D eigenvalue weighted by Gasteiger charge is -2.28. The highest BCUT2D eigenvalue weighted by atomic mass is 16.5. The fourth-order valence-corrected chi connectivity index (χ4v) is 4.60. The molecule has 0 radical (unpaired) electrons. The molecule has 0 aliphatic carbocycles. The van der Waals surface area contributed by atoms with Gasteiger partial charge >= 0.3 is 0 Å². The molecule has 7 nitrogen and oxygen atoms in total. The highest BCUT2D eigenvalue weighted by Crippen LogP contribution is 2.32. The summed E-state index contributed by atoms with van der Waals surface area (Å²) in [6, 6.07) is 9.67. The van der Waals surface area contributed by atoms with Gasteiger partial charge in [-0.25, -0.2) is 9.67 Å². The van der Waals surface area contributed by atoms with Crippen molar-refractivity contribution in [3.05, 3.63) is 53.1 Å². The first-order chi connectivity index (χ1) is 17.0. The predicted molar refractivity (Wildman–Crippen MR) is 138 cm³/mol. The van der Waals surface area contributed by atoms with E-state index in [0.29, 0.717) is 28.9 Å². The number of nitrogens with zero attached hydrogens (tertiary/aromatic N) is 6. The standard InChI is InChI=1S/C28H36N6O/c1-5-10-23-19-30-34(25(23)15-20(3)6-2)24-12-11-22(18-29)16-26(24)35-28-17-27(31-21(4)32-28)33-13-8-7-9-14-33/h11-12,16-17,19-20H,5-10,13-15H2,1-4H3. The van der Waals surface area contributed by atoms with Crippen molar-refractivity contribution < 1.29 is 4.74 Å². The number of aryl methyl sites for hydroxylation is 2. The van der Waals surface area contributed by atoms with E-state index in [-0.39, 0.29) is 0 Å². The number of hydrogen-bond donors (Lipinski definition) is 0. The average molecular weight is 473 g/mol. The Labute approximate surface area is 208 Å². The van der Waals surface area contributed by atoms with E-state index in [0.717, 1.165) is 50.3 Å². The summed E-state index contributed by atoms with van der Waals surface area (Å²) in [4.78, 5) is 11.5. The minimum atomic E-state index is 0.485. The van der Waals surface area contributed by atoms with Gasteiger partial charge in [-0.2, -0.15) is 15.3 Å². The zero-order chi connectivity index (χ0) is 24.8. The van der Waals surface area contributed by atoms with E-state index in [1.807, 2.05) is 36.0 Å². The normalized spacial score (nSPS) is 14.5. The molecular weight excluding hydrogens is 436 g/mol. The van der Waals surface area contributed by atoms with Crippen LogP contribution in [0.3, 0.4) is 0 Å². The van der Waals surface area contributed by atoms with Crippen LogP contribution in [-0.4, -0.2) is 32.8 Å². The molecule has 0 bridgehead atoms. The molecule has 184 valence electrons. The zero-order valence-electron chi connectivity index (χ0n) is 21.4. The summed E-state index contributed by atoms with van der Waals surface area (Å²) < 4.78 is 8.38. The van der Waals surface area contributed by atoms with Crippen molar-refractivity contribution in [1.82, 2.24) is 19.7 Å². The number of rotatable bonds is 9. The monoisotopic (exact) mass is 472 g/mol. The molecule has 3 aromatic rings. The molecule has 1 aliphatic heterocycles. The van der Waals surface area contributed by atoms with Gasteiger partial charge in [0.25, 0.3) is 0 Å². The molecule has 7 heteroatoms. The van der Waals surface area contributed by atoms with E-state index in [9.17, 15) is 5.26 Å².